The van der Waals surface area contributed by atoms with Gasteiger partial charge < -0.3 is 9.47 Å². The molecule has 2 aliphatic heterocycles. The molecule has 0 saturated carbocycles. The largest absolute Gasteiger partial charge is 0.447 e. The summed E-state index contributed by atoms with van der Waals surface area (Å²) in [5.74, 6) is 0. The molecule has 210 valence electrons. The summed E-state index contributed by atoms with van der Waals surface area (Å²) in [6.45, 7) is -1.19. The quantitative estimate of drug-likeness (QED) is 0.223. The summed E-state index contributed by atoms with van der Waals surface area (Å²) in [5, 5.41) is 13.3. The molecule has 2 aromatic carbocycles. The molecule has 2 saturated heterocycles. The van der Waals surface area contributed by atoms with Crippen LogP contribution < -0.4 is 9.80 Å². The third-order valence-electron chi connectivity index (χ3n) is 6.12. The fourth-order valence-corrected chi connectivity index (χ4v) is 6.02. The first-order valence-electron chi connectivity index (χ1n) is 12.1. The van der Waals surface area contributed by atoms with Gasteiger partial charge in [0.1, 0.15) is 38.6 Å². The van der Waals surface area contributed by atoms with Gasteiger partial charge in [0.25, 0.3) is 0 Å². The number of aromatic nitrogens is 2. The summed E-state index contributed by atoms with van der Waals surface area (Å²) in [7, 11) is 0. The molecule has 0 bridgehead atoms. The van der Waals surface area contributed by atoms with Crippen molar-refractivity contribution in [3.05, 3.63) is 69.3 Å². The molecule has 4 heterocycles. The number of ether oxygens (including phenoxy) is 2. The highest BCUT2D eigenvalue weighted by Gasteiger charge is 2.37. The highest BCUT2D eigenvalue weighted by atomic mass is 79.9. The Balaban J connectivity index is 0.000000165. The van der Waals surface area contributed by atoms with E-state index in [1.165, 1.54) is 32.5 Å². The van der Waals surface area contributed by atoms with Crippen LogP contribution in [0.3, 0.4) is 0 Å². The summed E-state index contributed by atoms with van der Waals surface area (Å²) in [6.07, 6.45) is -1.11. The number of nitrogens with zero attached hydrogens (tertiary/aromatic N) is 5. The van der Waals surface area contributed by atoms with Gasteiger partial charge in [-0.1, -0.05) is 40.2 Å². The second-order valence-electron chi connectivity index (χ2n) is 8.74. The third-order valence-corrected chi connectivity index (χ3v) is 8.33. The molecule has 0 aliphatic carbocycles. The number of amides is 2. The zero-order valence-electron chi connectivity index (χ0n) is 21.1. The van der Waals surface area contributed by atoms with Gasteiger partial charge in [0.05, 0.1) is 23.0 Å². The molecule has 41 heavy (non-hydrogen) atoms. The molecule has 0 N–H and O–H groups in total. The molecule has 4 aromatic rings. The Bertz CT molecular complexity index is 1580. The van der Waals surface area contributed by atoms with Gasteiger partial charge in [-0.25, -0.2) is 38.1 Å². The zero-order valence-corrected chi connectivity index (χ0v) is 24.3. The number of hydrogen-bond donors (Lipinski definition) is 0. The number of carbonyl (C=O) groups is 2. The van der Waals surface area contributed by atoms with Gasteiger partial charge in [0.2, 0.25) is 0 Å². The van der Waals surface area contributed by atoms with Crippen molar-refractivity contribution in [1.82, 2.24) is 9.97 Å². The third kappa shape index (κ3) is 6.22. The molecular formula is C27H20BrF2N5O4S2. The van der Waals surface area contributed by atoms with Crippen molar-refractivity contribution in [3.63, 3.8) is 0 Å². The van der Waals surface area contributed by atoms with Crippen molar-refractivity contribution >= 4 is 61.1 Å². The van der Waals surface area contributed by atoms with Crippen molar-refractivity contribution in [2.24, 2.45) is 0 Å². The van der Waals surface area contributed by atoms with Crippen LogP contribution in [0.25, 0.3) is 22.5 Å². The van der Waals surface area contributed by atoms with Crippen molar-refractivity contribution in [2.45, 2.75) is 12.1 Å². The molecule has 2 amide bonds. The minimum absolute atomic E-state index is 0.0428. The van der Waals surface area contributed by atoms with E-state index < -0.39 is 37.6 Å². The first kappa shape index (κ1) is 28.6. The van der Waals surface area contributed by atoms with E-state index in [9.17, 15) is 18.4 Å². The summed E-state index contributed by atoms with van der Waals surface area (Å²) in [6, 6.07) is 15.5. The number of benzene rings is 2. The second kappa shape index (κ2) is 12.7. The molecule has 0 radical (unpaired) electrons. The number of rotatable bonds is 6. The molecule has 2 atom stereocenters. The van der Waals surface area contributed by atoms with E-state index in [1.807, 2.05) is 35.7 Å². The highest BCUT2D eigenvalue weighted by molar-refractivity contribution is 9.10. The van der Waals surface area contributed by atoms with E-state index in [1.54, 1.807) is 29.6 Å². The minimum atomic E-state index is -0.669. The maximum atomic E-state index is 12.9. The predicted octanol–water partition coefficient (Wildman–Crippen LogP) is 6.84. The molecule has 2 aliphatic rings. The first-order valence-corrected chi connectivity index (χ1v) is 14.7. The lowest BCUT2D eigenvalue weighted by molar-refractivity contribution is 0.176. The van der Waals surface area contributed by atoms with Gasteiger partial charge in [-0.15, -0.1) is 22.7 Å². The van der Waals surface area contributed by atoms with Crippen LogP contribution in [0.2, 0.25) is 0 Å². The van der Waals surface area contributed by atoms with Crippen LogP contribution in [-0.2, 0) is 9.47 Å². The second-order valence-corrected chi connectivity index (χ2v) is 11.3. The number of cyclic esters (lactones) is 2. The summed E-state index contributed by atoms with van der Waals surface area (Å²) in [4.78, 5) is 34.6. The molecular weight excluding hydrogens is 640 g/mol. The lowest BCUT2D eigenvalue weighted by Gasteiger charge is -2.14. The topological polar surface area (TPSA) is 109 Å². The van der Waals surface area contributed by atoms with Gasteiger partial charge in [0, 0.05) is 26.4 Å². The van der Waals surface area contributed by atoms with Gasteiger partial charge in [-0.2, -0.15) is 5.26 Å². The first-order chi connectivity index (χ1) is 19.9. The Morgan fingerprint density at radius 1 is 0.829 bits per heavy atom. The fraction of sp³-hybridized carbons (Fsp3) is 0.222. The Kier molecular flexibility index (Phi) is 8.87. The Hall–Kier alpha value is -3.93. The van der Waals surface area contributed by atoms with Gasteiger partial charge in [-0.05, 0) is 24.3 Å². The normalized spacial score (nSPS) is 18.0. The Morgan fingerprint density at radius 2 is 1.27 bits per heavy atom. The average Bonchev–Trinajstić information content (AvgIpc) is 3.80. The van der Waals surface area contributed by atoms with Gasteiger partial charge >= 0.3 is 12.2 Å². The Labute approximate surface area is 249 Å². The highest BCUT2D eigenvalue weighted by Crippen LogP contribution is 2.33. The van der Waals surface area contributed by atoms with Crippen molar-refractivity contribution in [3.8, 4) is 28.6 Å². The van der Waals surface area contributed by atoms with E-state index in [2.05, 4.69) is 25.9 Å². The maximum absolute atomic E-state index is 12.9. The SMILES string of the molecule is N#Cc1ccc(-c2csc(N3C(=O)OC[C@H]3CF)n2)cc1.O=C1OC[C@@H](CF)N1c1nc(-c2ccc(Br)cc2)cs1. The van der Waals surface area contributed by atoms with Crippen LogP contribution in [0.1, 0.15) is 5.56 Å². The lowest BCUT2D eigenvalue weighted by Crippen LogP contribution is -2.34. The van der Waals surface area contributed by atoms with Crippen LogP contribution >= 0.6 is 38.6 Å². The van der Waals surface area contributed by atoms with Gasteiger partial charge in [-0.3, -0.25) is 0 Å². The van der Waals surface area contributed by atoms with Crippen molar-refractivity contribution in [1.29, 1.82) is 5.26 Å². The lowest BCUT2D eigenvalue weighted by atomic mass is 10.1. The molecule has 0 unspecified atom stereocenters. The molecule has 2 aromatic heterocycles. The van der Waals surface area contributed by atoms with Crippen molar-refractivity contribution < 1.29 is 27.8 Å². The fourth-order valence-electron chi connectivity index (χ4n) is 3.97. The van der Waals surface area contributed by atoms with E-state index in [0.29, 0.717) is 21.5 Å². The monoisotopic (exact) mass is 659 g/mol. The van der Waals surface area contributed by atoms with Crippen LogP contribution in [-0.4, -0.2) is 60.8 Å². The number of anilines is 2. The van der Waals surface area contributed by atoms with Crippen LogP contribution in [0.4, 0.5) is 28.6 Å². The number of thiazole rings is 2. The molecule has 2 fully saturated rings. The van der Waals surface area contributed by atoms with Gasteiger partial charge in [0.15, 0.2) is 10.3 Å². The zero-order chi connectivity index (χ0) is 28.9. The predicted molar refractivity (Wildman–Crippen MR) is 155 cm³/mol. The smallest absolute Gasteiger partial charge is 0.416 e. The van der Waals surface area contributed by atoms with E-state index in [-0.39, 0.29) is 13.2 Å². The number of nitriles is 1. The van der Waals surface area contributed by atoms with E-state index >= 15 is 0 Å². The number of halogens is 3. The van der Waals surface area contributed by atoms with Crippen molar-refractivity contribution in [2.75, 3.05) is 36.4 Å². The summed E-state index contributed by atoms with van der Waals surface area (Å²) < 4.78 is 36.5. The standard InChI is InChI=1S/C14H10FN3O2S.C13H10BrFN2O2S/c15-5-11-7-20-14(19)18(11)13-17-12(8-21-13)10-3-1-9(6-16)2-4-10;14-9-3-1-8(2-4-9)11-7-20-12(16-11)17-10(5-15)6-19-13(17)18/h1-4,8,11H,5,7H2;1-4,7,10H,5-6H2/t11-;10-/m11/s1. The summed E-state index contributed by atoms with van der Waals surface area (Å²) >= 11 is 5.93. The summed E-state index contributed by atoms with van der Waals surface area (Å²) in [5.41, 5.74) is 3.78. The number of carbonyl (C=O) groups excluding carboxylic acids is 2. The van der Waals surface area contributed by atoms with E-state index in [0.717, 1.165) is 21.3 Å². The Morgan fingerprint density at radius 3 is 1.68 bits per heavy atom. The van der Waals surface area contributed by atoms with Crippen LogP contribution in [0.5, 0.6) is 0 Å². The molecule has 9 nitrogen and oxygen atoms in total. The molecule has 14 heteroatoms. The average molecular weight is 661 g/mol. The number of alkyl halides is 2. The molecule has 6 rings (SSSR count). The number of hydrogen-bond acceptors (Lipinski definition) is 9. The molecule has 0 spiro atoms. The van der Waals surface area contributed by atoms with E-state index in [4.69, 9.17) is 14.7 Å². The minimum Gasteiger partial charge on any atom is -0.447 e. The van der Waals surface area contributed by atoms with Crippen LogP contribution in [0.15, 0.2) is 63.8 Å². The van der Waals surface area contributed by atoms with Crippen LogP contribution in [0, 0.1) is 11.3 Å². The maximum Gasteiger partial charge on any atom is 0.416 e.